The van der Waals surface area contributed by atoms with Crippen LogP contribution in [0, 0.1) is 0 Å². The second-order valence-corrected chi connectivity index (χ2v) is 8.14. The van der Waals surface area contributed by atoms with Gasteiger partial charge in [-0.15, -0.1) is 0 Å². The maximum Gasteiger partial charge on any atom is 0.220 e. The number of rotatable bonds is 8. The van der Waals surface area contributed by atoms with E-state index in [1.807, 2.05) is 0 Å². The Hall–Kier alpha value is -1.39. The minimum atomic E-state index is 0.0768. The second kappa shape index (κ2) is 9.52. The van der Waals surface area contributed by atoms with Gasteiger partial charge in [0.1, 0.15) is 0 Å². The summed E-state index contributed by atoms with van der Waals surface area (Å²) >= 11 is 0. The van der Waals surface area contributed by atoms with Crippen molar-refractivity contribution >= 4 is 5.91 Å². The zero-order valence-electron chi connectivity index (χ0n) is 16.4. The number of carbonyl (C=O) groups excluding carboxylic acids is 1. The van der Waals surface area contributed by atoms with Crippen LogP contribution in [0.1, 0.15) is 57.4 Å². The Balaban J connectivity index is 1.42. The van der Waals surface area contributed by atoms with E-state index in [1.165, 1.54) is 18.4 Å². The zero-order chi connectivity index (χ0) is 18.2. The Morgan fingerprint density at radius 2 is 1.69 bits per heavy atom. The summed E-state index contributed by atoms with van der Waals surface area (Å²) in [6.07, 6.45) is 7.56. The van der Waals surface area contributed by atoms with Gasteiger partial charge in [0.05, 0.1) is 0 Å². The highest BCUT2D eigenvalue weighted by Gasteiger charge is 2.35. The molecule has 144 valence electrons. The maximum absolute atomic E-state index is 12.1. The van der Waals surface area contributed by atoms with Crippen LogP contribution in [0.15, 0.2) is 30.3 Å². The summed E-state index contributed by atoms with van der Waals surface area (Å²) in [6.45, 7) is 8.83. The van der Waals surface area contributed by atoms with Crippen LogP contribution in [0.2, 0.25) is 0 Å². The Labute approximate surface area is 158 Å². The highest BCUT2D eigenvalue weighted by atomic mass is 16.1. The van der Waals surface area contributed by atoms with Crippen molar-refractivity contribution in [3.8, 4) is 0 Å². The molecule has 26 heavy (non-hydrogen) atoms. The van der Waals surface area contributed by atoms with E-state index in [0.717, 1.165) is 65.0 Å². The number of hydrogen-bond donors (Lipinski definition) is 1. The average Bonchev–Trinajstić information content (AvgIpc) is 3.11. The first-order valence-electron chi connectivity index (χ1n) is 10.5. The quantitative estimate of drug-likeness (QED) is 0.774. The molecule has 2 aliphatic rings. The van der Waals surface area contributed by atoms with Gasteiger partial charge in [0, 0.05) is 51.2 Å². The second-order valence-electron chi connectivity index (χ2n) is 8.14. The van der Waals surface area contributed by atoms with Crippen molar-refractivity contribution in [3.63, 3.8) is 0 Å². The van der Waals surface area contributed by atoms with Gasteiger partial charge in [-0.2, -0.15) is 0 Å². The Kier molecular flexibility index (Phi) is 7.09. The summed E-state index contributed by atoms with van der Waals surface area (Å²) in [6, 6.07) is 10.8. The minimum absolute atomic E-state index is 0.0768. The van der Waals surface area contributed by atoms with Gasteiger partial charge >= 0.3 is 0 Å². The van der Waals surface area contributed by atoms with Crippen molar-refractivity contribution in [1.82, 2.24) is 15.1 Å². The average molecular weight is 358 g/mol. The molecule has 4 heteroatoms. The highest BCUT2D eigenvalue weighted by molar-refractivity contribution is 5.76. The lowest BCUT2D eigenvalue weighted by Gasteiger charge is -2.37. The predicted octanol–water partition coefficient (Wildman–Crippen LogP) is 3.42. The van der Waals surface area contributed by atoms with Crippen molar-refractivity contribution in [2.75, 3.05) is 32.7 Å². The highest BCUT2D eigenvalue weighted by Crippen LogP contribution is 2.33. The molecule has 1 saturated carbocycles. The third-order valence-electron chi connectivity index (χ3n) is 6.06. The van der Waals surface area contributed by atoms with Crippen LogP contribution in [0.4, 0.5) is 0 Å². The molecule has 0 aromatic heterocycles. The largest absolute Gasteiger partial charge is 0.351 e. The van der Waals surface area contributed by atoms with Gasteiger partial charge in [-0.3, -0.25) is 9.69 Å². The Bertz CT molecular complexity index is 546. The van der Waals surface area contributed by atoms with Crippen LogP contribution in [-0.2, 0) is 11.3 Å². The van der Waals surface area contributed by atoms with Crippen molar-refractivity contribution in [1.29, 1.82) is 0 Å². The van der Waals surface area contributed by atoms with E-state index in [4.69, 9.17) is 0 Å². The third kappa shape index (κ3) is 5.55. The number of amides is 1. The Morgan fingerprint density at radius 3 is 2.35 bits per heavy atom. The lowest BCUT2D eigenvalue weighted by Crippen LogP contribution is -2.51. The third-order valence-corrected chi connectivity index (χ3v) is 6.06. The van der Waals surface area contributed by atoms with Crippen LogP contribution in [0.25, 0.3) is 0 Å². The van der Waals surface area contributed by atoms with Gasteiger partial charge in [0.2, 0.25) is 5.91 Å². The van der Waals surface area contributed by atoms with E-state index in [2.05, 4.69) is 52.4 Å². The van der Waals surface area contributed by atoms with E-state index in [9.17, 15) is 4.79 Å². The van der Waals surface area contributed by atoms with Gasteiger partial charge in [-0.1, -0.05) is 50.1 Å². The summed E-state index contributed by atoms with van der Waals surface area (Å²) < 4.78 is 0. The van der Waals surface area contributed by atoms with Crippen molar-refractivity contribution in [2.45, 2.75) is 64.0 Å². The molecular formula is C22H35N3O. The molecule has 1 aliphatic carbocycles. The zero-order valence-corrected chi connectivity index (χ0v) is 16.4. The van der Waals surface area contributed by atoms with Crippen LogP contribution < -0.4 is 5.32 Å². The number of benzene rings is 1. The molecule has 0 radical (unpaired) electrons. The number of nitrogens with one attached hydrogen (secondary N) is 1. The fourth-order valence-corrected chi connectivity index (χ4v) is 4.46. The molecule has 1 heterocycles. The number of nitrogens with zero attached hydrogens (tertiary/aromatic N) is 2. The molecule has 0 spiro atoms. The van der Waals surface area contributed by atoms with Gasteiger partial charge in [-0.25, -0.2) is 0 Å². The predicted molar refractivity (Wildman–Crippen MR) is 107 cm³/mol. The fourth-order valence-electron chi connectivity index (χ4n) is 4.46. The monoisotopic (exact) mass is 357 g/mol. The molecular weight excluding hydrogens is 322 g/mol. The fraction of sp³-hybridized carbons (Fsp3) is 0.682. The first-order valence-corrected chi connectivity index (χ1v) is 10.5. The van der Waals surface area contributed by atoms with E-state index < -0.39 is 0 Å². The molecule has 1 N–H and O–H groups in total. The summed E-state index contributed by atoms with van der Waals surface area (Å²) in [5.74, 6) is 0.252. The minimum Gasteiger partial charge on any atom is -0.351 e. The molecule has 1 amide bonds. The lowest BCUT2D eigenvalue weighted by molar-refractivity contribution is -0.123. The summed E-state index contributed by atoms with van der Waals surface area (Å²) in [5.41, 5.74) is 1.48. The molecule has 1 aromatic rings. The molecule has 1 aliphatic heterocycles. The molecule has 0 atom stereocenters. The van der Waals surface area contributed by atoms with Crippen LogP contribution in [0.5, 0.6) is 0 Å². The van der Waals surface area contributed by atoms with Crippen molar-refractivity contribution < 1.29 is 4.79 Å². The molecule has 4 nitrogen and oxygen atoms in total. The summed E-state index contributed by atoms with van der Waals surface area (Å²) in [7, 11) is 0. The van der Waals surface area contributed by atoms with E-state index >= 15 is 0 Å². The maximum atomic E-state index is 12.1. The standard InChI is InChI=1S/C22H35N3O/c1-2-8-21(26)23-22(11-6-7-12-22)13-14-24-15-17-25(18-16-24)19-20-9-4-3-5-10-20/h3-5,9-10H,2,6-8,11-19H2,1H3,(H,23,26). The molecule has 0 unspecified atom stereocenters. The topological polar surface area (TPSA) is 35.6 Å². The van der Waals surface area contributed by atoms with Crippen molar-refractivity contribution in [2.24, 2.45) is 0 Å². The molecule has 0 bridgehead atoms. The molecule has 1 saturated heterocycles. The van der Waals surface area contributed by atoms with Crippen LogP contribution in [-0.4, -0.2) is 54.0 Å². The normalized spacial score (nSPS) is 21.0. The van der Waals surface area contributed by atoms with Gasteiger partial charge < -0.3 is 10.2 Å². The first kappa shape index (κ1) is 19.4. The van der Waals surface area contributed by atoms with Crippen molar-refractivity contribution in [3.05, 3.63) is 35.9 Å². The van der Waals surface area contributed by atoms with Gasteiger partial charge in [-0.05, 0) is 31.2 Å². The summed E-state index contributed by atoms with van der Waals surface area (Å²) in [4.78, 5) is 17.3. The SMILES string of the molecule is CCCC(=O)NC1(CCN2CCN(Cc3ccccc3)CC2)CCCC1. The number of carbonyl (C=O) groups is 1. The number of piperazine rings is 1. The first-order chi connectivity index (χ1) is 12.7. The van der Waals surface area contributed by atoms with E-state index in [0.29, 0.717) is 6.42 Å². The Morgan fingerprint density at radius 1 is 1.04 bits per heavy atom. The van der Waals surface area contributed by atoms with E-state index in [1.54, 1.807) is 0 Å². The lowest BCUT2D eigenvalue weighted by atomic mass is 9.92. The van der Waals surface area contributed by atoms with E-state index in [-0.39, 0.29) is 11.4 Å². The number of hydrogen-bond acceptors (Lipinski definition) is 3. The van der Waals surface area contributed by atoms with Crippen LogP contribution in [0.3, 0.4) is 0 Å². The van der Waals surface area contributed by atoms with Crippen LogP contribution >= 0.6 is 0 Å². The molecule has 3 rings (SSSR count). The molecule has 2 fully saturated rings. The molecule has 1 aromatic carbocycles. The summed E-state index contributed by atoms with van der Waals surface area (Å²) in [5, 5.41) is 3.40. The van der Waals surface area contributed by atoms with Gasteiger partial charge in [0.15, 0.2) is 0 Å². The smallest absolute Gasteiger partial charge is 0.220 e. The van der Waals surface area contributed by atoms with Gasteiger partial charge in [0.25, 0.3) is 0 Å².